The maximum atomic E-state index is 12.5. The lowest BCUT2D eigenvalue weighted by molar-refractivity contribution is -0.127. The van der Waals surface area contributed by atoms with E-state index in [0.29, 0.717) is 38.0 Å². The number of benzene rings is 2. The Hall–Kier alpha value is -4.01. The molecule has 1 N–H and O–H groups in total. The third-order valence-electron chi connectivity index (χ3n) is 7.55. The number of rotatable bonds is 8. The SMILES string of the molecule is CCOc1ccc2c(N3CC4CCNC(=O)C4C3)cc(-c3ccc(OCCN(C)C(=O)OC(C)(C)C)cc3)nc2c1. The van der Waals surface area contributed by atoms with Crippen LogP contribution in [0.5, 0.6) is 11.5 Å². The number of ether oxygens (including phenoxy) is 3. The van der Waals surface area contributed by atoms with Gasteiger partial charge in [0.05, 0.1) is 30.3 Å². The van der Waals surface area contributed by atoms with Crippen LogP contribution in [-0.4, -0.2) is 73.9 Å². The lowest BCUT2D eigenvalue weighted by Gasteiger charge is -2.24. The number of piperidine rings is 1. The highest BCUT2D eigenvalue weighted by atomic mass is 16.6. The van der Waals surface area contributed by atoms with Gasteiger partial charge >= 0.3 is 6.09 Å². The molecule has 5 rings (SSSR count). The summed E-state index contributed by atoms with van der Waals surface area (Å²) in [7, 11) is 1.70. The van der Waals surface area contributed by atoms with Gasteiger partial charge in [0.1, 0.15) is 23.7 Å². The summed E-state index contributed by atoms with van der Waals surface area (Å²) >= 11 is 0. The van der Waals surface area contributed by atoms with Crippen molar-refractivity contribution in [2.45, 2.75) is 39.7 Å². The van der Waals surface area contributed by atoms with Gasteiger partial charge in [-0.3, -0.25) is 4.79 Å². The zero-order valence-corrected chi connectivity index (χ0v) is 24.6. The van der Waals surface area contributed by atoms with E-state index in [9.17, 15) is 9.59 Å². The maximum Gasteiger partial charge on any atom is 0.410 e. The van der Waals surface area contributed by atoms with Crippen LogP contribution in [-0.2, 0) is 9.53 Å². The number of anilines is 1. The molecule has 0 bridgehead atoms. The Morgan fingerprint density at radius 1 is 1.07 bits per heavy atom. The summed E-state index contributed by atoms with van der Waals surface area (Å²) in [6.45, 7) is 11.1. The summed E-state index contributed by atoms with van der Waals surface area (Å²) in [4.78, 5) is 33.6. The first kappa shape index (κ1) is 28.5. The second-order valence-corrected chi connectivity index (χ2v) is 11.8. The normalized spacial score (nSPS) is 18.6. The molecule has 3 heterocycles. The molecule has 1 aromatic heterocycles. The Balaban J connectivity index is 1.35. The lowest BCUT2D eigenvalue weighted by atomic mass is 9.89. The standard InChI is InChI=1S/C32H40N4O5/c1-6-39-24-11-12-25-28(17-24)34-27(18-29(25)36-19-22-13-14-33-30(37)26(22)20-36)21-7-9-23(10-8-21)40-16-15-35(5)31(38)41-32(2,3)4/h7-12,17-18,22,26H,6,13-16,19-20H2,1-5H3,(H,33,37). The summed E-state index contributed by atoms with van der Waals surface area (Å²) in [6, 6.07) is 16.0. The van der Waals surface area contributed by atoms with Crippen molar-refractivity contribution in [1.82, 2.24) is 15.2 Å². The third kappa shape index (κ3) is 6.66. The molecule has 2 aliphatic rings. The quantitative estimate of drug-likeness (QED) is 0.409. The smallest absolute Gasteiger partial charge is 0.410 e. The molecule has 9 heteroatoms. The van der Waals surface area contributed by atoms with E-state index >= 15 is 0 Å². The van der Waals surface area contributed by atoms with Gasteiger partial charge < -0.3 is 29.3 Å². The number of pyridine rings is 1. The molecule has 2 saturated heterocycles. The summed E-state index contributed by atoms with van der Waals surface area (Å²) < 4.78 is 17.1. The topological polar surface area (TPSA) is 93.2 Å². The summed E-state index contributed by atoms with van der Waals surface area (Å²) in [5, 5.41) is 4.08. The van der Waals surface area contributed by atoms with E-state index in [-0.39, 0.29) is 17.9 Å². The van der Waals surface area contributed by atoms with Crippen molar-refractivity contribution in [2.75, 3.05) is 51.3 Å². The molecule has 2 fully saturated rings. The van der Waals surface area contributed by atoms with E-state index in [0.717, 1.165) is 53.1 Å². The van der Waals surface area contributed by atoms with Crippen LogP contribution in [0.15, 0.2) is 48.5 Å². The molecule has 2 aromatic carbocycles. The molecule has 2 amide bonds. The van der Waals surface area contributed by atoms with Gasteiger partial charge in [-0.05, 0) is 82.5 Å². The summed E-state index contributed by atoms with van der Waals surface area (Å²) in [5.74, 6) is 2.03. The number of carbonyl (C=O) groups excluding carboxylic acids is 2. The average molecular weight is 561 g/mol. The van der Waals surface area contributed by atoms with Crippen LogP contribution in [0, 0.1) is 11.8 Å². The molecule has 218 valence electrons. The van der Waals surface area contributed by atoms with E-state index < -0.39 is 5.60 Å². The van der Waals surface area contributed by atoms with Crippen LogP contribution < -0.4 is 19.7 Å². The number of aromatic nitrogens is 1. The van der Waals surface area contributed by atoms with Gasteiger partial charge in [-0.2, -0.15) is 0 Å². The number of amides is 2. The van der Waals surface area contributed by atoms with Crippen molar-refractivity contribution in [3.63, 3.8) is 0 Å². The zero-order valence-electron chi connectivity index (χ0n) is 24.6. The van der Waals surface area contributed by atoms with Crippen molar-refractivity contribution in [1.29, 1.82) is 0 Å². The summed E-state index contributed by atoms with van der Waals surface area (Å²) in [5.41, 5.74) is 3.21. The molecule has 0 saturated carbocycles. The molecule has 2 unspecified atom stereocenters. The van der Waals surface area contributed by atoms with Gasteiger partial charge in [0.15, 0.2) is 0 Å². The highest BCUT2D eigenvalue weighted by Gasteiger charge is 2.40. The first-order chi connectivity index (χ1) is 19.6. The van der Waals surface area contributed by atoms with Crippen LogP contribution in [0.1, 0.15) is 34.1 Å². The van der Waals surface area contributed by atoms with Gasteiger partial charge in [0.2, 0.25) is 5.91 Å². The molecule has 0 radical (unpaired) electrons. The van der Waals surface area contributed by atoms with Crippen molar-refractivity contribution >= 4 is 28.6 Å². The van der Waals surface area contributed by atoms with Gasteiger partial charge in [-0.15, -0.1) is 0 Å². The van der Waals surface area contributed by atoms with E-state index in [1.807, 2.05) is 64.1 Å². The van der Waals surface area contributed by atoms with E-state index in [1.165, 1.54) is 4.90 Å². The number of nitrogens with zero attached hydrogens (tertiary/aromatic N) is 3. The van der Waals surface area contributed by atoms with Crippen LogP contribution in [0.4, 0.5) is 10.5 Å². The molecular formula is C32H40N4O5. The highest BCUT2D eigenvalue weighted by Crippen LogP contribution is 2.38. The Morgan fingerprint density at radius 3 is 2.54 bits per heavy atom. The molecule has 2 aliphatic heterocycles. The van der Waals surface area contributed by atoms with Crippen LogP contribution >= 0.6 is 0 Å². The second kappa shape index (κ2) is 11.8. The zero-order chi connectivity index (χ0) is 29.1. The van der Waals surface area contributed by atoms with E-state index in [2.05, 4.69) is 22.3 Å². The maximum absolute atomic E-state index is 12.5. The van der Waals surface area contributed by atoms with Crippen molar-refractivity contribution in [2.24, 2.45) is 11.8 Å². The molecule has 2 atom stereocenters. The van der Waals surface area contributed by atoms with Crippen molar-refractivity contribution in [3.05, 3.63) is 48.5 Å². The fourth-order valence-electron chi connectivity index (χ4n) is 5.48. The average Bonchev–Trinajstić information content (AvgIpc) is 3.37. The van der Waals surface area contributed by atoms with Crippen LogP contribution in [0.25, 0.3) is 22.2 Å². The fourth-order valence-corrected chi connectivity index (χ4v) is 5.48. The number of fused-ring (bicyclic) bond motifs is 2. The summed E-state index contributed by atoms with van der Waals surface area (Å²) in [6.07, 6.45) is 0.631. The molecule has 3 aromatic rings. The number of likely N-dealkylation sites (N-methyl/N-ethyl adjacent to an activating group) is 1. The first-order valence-electron chi connectivity index (χ1n) is 14.4. The highest BCUT2D eigenvalue weighted by molar-refractivity contribution is 5.95. The molecule has 0 aliphatic carbocycles. The number of nitrogens with one attached hydrogen (secondary N) is 1. The number of hydrogen-bond acceptors (Lipinski definition) is 7. The Labute approximate surface area is 241 Å². The lowest BCUT2D eigenvalue weighted by Crippen LogP contribution is -2.41. The predicted octanol–water partition coefficient (Wildman–Crippen LogP) is 5.12. The molecule has 0 spiro atoms. The Morgan fingerprint density at radius 2 is 1.83 bits per heavy atom. The second-order valence-electron chi connectivity index (χ2n) is 11.8. The van der Waals surface area contributed by atoms with Gasteiger partial charge in [0, 0.05) is 49.4 Å². The minimum absolute atomic E-state index is 0.0175. The first-order valence-corrected chi connectivity index (χ1v) is 14.4. The Kier molecular flexibility index (Phi) is 8.24. The minimum Gasteiger partial charge on any atom is -0.494 e. The van der Waals surface area contributed by atoms with E-state index in [1.54, 1.807) is 7.05 Å². The van der Waals surface area contributed by atoms with Gasteiger partial charge in [0.25, 0.3) is 0 Å². The predicted molar refractivity (Wildman–Crippen MR) is 160 cm³/mol. The van der Waals surface area contributed by atoms with E-state index in [4.69, 9.17) is 19.2 Å². The van der Waals surface area contributed by atoms with Crippen molar-refractivity contribution in [3.8, 4) is 22.8 Å². The number of carbonyl (C=O) groups is 2. The van der Waals surface area contributed by atoms with Gasteiger partial charge in [-0.1, -0.05) is 0 Å². The fraction of sp³-hybridized carbons (Fsp3) is 0.469. The largest absolute Gasteiger partial charge is 0.494 e. The monoisotopic (exact) mass is 560 g/mol. The van der Waals surface area contributed by atoms with Crippen LogP contribution in [0.3, 0.4) is 0 Å². The molecular weight excluding hydrogens is 520 g/mol. The molecule has 9 nitrogen and oxygen atoms in total. The van der Waals surface area contributed by atoms with Crippen molar-refractivity contribution < 1.29 is 23.8 Å². The Bertz CT molecular complexity index is 1400. The minimum atomic E-state index is -0.537. The molecule has 41 heavy (non-hydrogen) atoms. The van der Waals surface area contributed by atoms with Crippen LogP contribution in [0.2, 0.25) is 0 Å². The van der Waals surface area contributed by atoms with Gasteiger partial charge in [-0.25, -0.2) is 9.78 Å². The third-order valence-corrected chi connectivity index (χ3v) is 7.55. The number of hydrogen-bond donors (Lipinski definition) is 1.